The zero-order valence-electron chi connectivity index (χ0n) is 20.1. The number of aromatic hydroxyl groups is 1. The molecule has 0 heterocycles. The van der Waals surface area contributed by atoms with Gasteiger partial charge in [0.15, 0.2) is 0 Å². The molecule has 1 saturated carbocycles. The number of aliphatic hydroxyl groups is 1. The lowest BCUT2D eigenvalue weighted by Crippen LogP contribution is -2.55. The van der Waals surface area contributed by atoms with Crippen LogP contribution in [0.5, 0.6) is 5.75 Å². The maximum absolute atomic E-state index is 13.5. The summed E-state index contributed by atoms with van der Waals surface area (Å²) in [6, 6.07) is 1.62. The number of methoxy groups -OCH3 is 1. The summed E-state index contributed by atoms with van der Waals surface area (Å²) in [7, 11) is 1.18. The Balaban J connectivity index is 2.39. The number of hydrogen-bond acceptors (Lipinski definition) is 8. The van der Waals surface area contributed by atoms with Crippen LogP contribution in [-0.2, 0) is 23.9 Å². The van der Waals surface area contributed by atoms with E-state index in [0.29, 0.717) is 24.0 Å². The number of carbonyl (C=O) groups excluding carboxylic acids is 4. The van der Waals surface area contributed by atoms with E-state index in [9.17, 15) is 29.4 Å². The highest BCUT2D eigenvalue weighted by molar-refractivity contribution is 5.93. The van der Waals surface area contributed by atoms with Gasteiger partial charge in [-0.3, -0.25) is 14.4 Å². The van der Waals surface area contributed by atoms with Gasteiger partial charge in [-0.15, -0.1) is 0 Å². The molecule has 11 heteroatoms. The molecule has 1 aliphatic carbocycles. The van der Waals surface area contributed by atoms with Gasteiger partial charge >= 0.3 is 12.1 Å². The van der Waals surface area contributed by atoms with Gasteiger partial charge in [-0.1, -0.05) is 6.07 Å². The maximum atomic E-state index is 13.5. The van der Waals surface area contributed by atoms with E-state index in [1.165, 1.54) is 24.1 Å². The van der Waals surface area contributed by atoms with Crippen molar-refractivity contribution in [1.82, 2.24) is 15.5 Å². The molecule has 1 aromatic rings. The molecule has 0 spiro atoms. The van der Waals surface area contributed by atoms with Gasteiger partial charge in [0.25, 0.3) is 0 Å². The summed E-state index contributed by atoms with van der Waals surface area (Å²) in [5, 5.41) is 24.6. The molecule has 188 valence electrons. The third-order valence-electron chi connectivity index (χ3n) is 5.06. The monoisotopic (exact) mass is 479 g/mol. The number of ether oxygens (including phenoxy) is 2. The van der Waals surface area contributed by atoms with Crippen molar-refractivity contribution in [3.8, 4) is 5.75 Å². The number of nitrogens with one attached hydrogen (secondary N) is 2. The highest BCUT2D eigenvalue weighted by atomic mass is 16.6. The van der Waals surface area contributed by atoms with Crippen LogP contribution in [0.15, 0.2) is 18.2 Å². The minimum Gasteiger partial charge on any atom is -0.508 e. The number of benzene rings is 1. The minimum atomic E-state index is -1.36. The Kier molecular flexibility index (Phi) is 8.86. The summed E-state index contributed by atoms with van der Waals surface area (Å²) < 4.78 is 9.75. The van der Waals surface area contributed by atoms with Crippen molar-refractivity contribution in [2.45, 2.75) is 64.3 Å². The van der Waals surface area contributed by atoms with E-state index in [0.717, 1.165) is 0 Å². The Labute approximate surface area is 198 Å². The van der Waals surface area contributed by atoms with Gasteiger partial charge in [-0.25, -0.2) is 4.79 Å². The largest absolute Gasteiger partial charge is 0.508 e. The molecular formula is C23H33N3O8. The second-order valence-corrected chi connectivity index (χ2v) is 9.10. The number of esters is 1. The van der Waals surface area contributed by atoms with E-state index < -0.39 is 54.7 Å². The number of aryl methyl sites for hydroxylation is 1. The van der Waals surface area contributed by atoms with Gasteiger partial charge in [-0.05, 0) is 63.8 Å². The highest BCUT2D eigenvalue weighted by Crippen LogP contribution is 2.36. The zero-order chi connectivity index (χ0) is 25.6. The van der Waals surface area contributed by atoms with E-state index >= 15 is 0 Å². The molecule has 1 aliphatic rings. The Hall–Kier alpha value is -3.34. The van der Waals surface area contributed by atoms with Crippen LogP contribution in [0.25, 0.3) is 0 Å². The summed E-state index contributed by atoms with van der Waals surface area (Å²) >= 11 is 0. The van der Waals surface area contributed by atoms with E-state index in [2.05, 4.69) is 15.4 Å². The summed E-state index contributed by atoms with van der Waals surface area (Å²) in [4.78, 5) is 51.8. The Bertz CT molecular complexity index is 923. The molecule has 0 radical (unpaired) electrons. The molecule has 2 unspecified atom stereocenters. The summed E-state index contributed by atoms with van der Waals surface area (Å²) in [6.45, 7) is 5.50. The van der Waals surface area contributed by atoms with Gasteiger partial charge in [0.2, 0.25) is 11.8 Å². The number of alkyl carbamates (subject to hydrolysis) is 1. The average molecular weight is 480 g/mol. The number of aliphatic hydroxyl groups excluding tert-OH is 1. The number of phenols is 1. The fourth-order valence-electron chi connectivity index (χ4n) is 3.30. The molecule has 0 bridgehead atoms. The lowest BCUT2D eigenvalue weighted by molar-refractivity contribution is -0.145. The second kappa shape index (κ2) is 11.2. The third-order valence-corrected chi connectivity index (χ3v) is 5.06. The number of nitrogens with zero attached hydrogens (tertiary/aromatic N) is 1. The first-order chi connectivity index (χ1) is 15.9. The lowest BCUT2D eigenvalue weighted by atomic mass is 10.00. The summed E-state index contributed by atoms with van der Waals surface area (Å²) in [5.74, 6) is -1.98. The number of amides is 3. The molecule has 0 aromatic heterocycles. The van der Waals surface area contributed by atoms with Crippen LogP contribution in [-0.4, -0.2) is 76.9 Å². The number of hydrogen-bond donors (Lipinski definition) is 4. The standard InChI is InChI=1S/C23H33N3O8/c1-13-10-14(6-9-17(13)28)19(20(30)24-11-18(29)33-5)26(15-7-8-15)21(31)16(12-27)25-22(32)34-23(2,3)4/h6,9-10,15-16,19,27-28H,7-8,11-12H2,1-5H3,(H,24,30)(H,25,32). The molecule has 34 heavy (non-hydrogen) atoms. The van der Waals surface area contributed by atoms with Crippen molar-refractivity contribution < 1.29 is 38.9 Å². The number of rotatable bonds is 9. The molecule has 0 aliphatic heterocycles. The van der Waals surface area contributed by atoms with Crippen molar-refractivity contribution in [1.29, 1.82) is 0 Å². The predicted octanol–water partition coefficient (Wildman–Crippen LogP) is 0.908. The molecule has 3 amide bonds. The molecule has 2 atom stereocenters. The SMILES string of the molecule is COC(=O)CNC(=O)C(c1ccc(O)c(C)c1)N(C(=O)C(CO)NC(=O)OC(C)(C)C)C1CC1. The van der Waals surface area contributed by atoms with Crippen molar-refractivity contribution in [3.63, 3.8) is 0 Å². The second-order valence-electron chi connectivity index (χ2n) is 9.10. The molecule has 2 rings (SSSR count). The van der Waals surface area contributed by atoms with E-state index in [4.69, 9.17) is 4.74 Å². The van der Waals surface area contributed by atoms with Crippen LogP contribution < -0.4 is 10.6 Å². The van der Waals surface area contributed by atoms with Crippen LogP contribution in [0, 0.1) is 6.92 Å². The van der Waals surface area contributed by atoms with Crippen LogP contribution in [0.2, 0.25) is 0 Å². The normalized spacial score (nSPS) is 15.0. The van der Waals surface area contributed by atoms with E-state index in [1.54, 1.807) is 33.8 Å². The first-order valence-electron chi connectivity index (χ1n) is 10.9. The molecule has 1 aromatic carbocycles. The lowest BCUT2D eigenvalue weighted by Gasteiger charge is -2.34. The summed E-state index contributed by atoms with van der Waals surface area (Å²) in [6.07, 6.45) is 0.352. The average Bonchev–Trinajstić information content (AvgIpc) is 3.59. The molecular weight excluding hydrogens is 446 g/mol. The van der Waals surface area contributed by atoms with Crippen LogP contribution in [0.3, 0.4) is 0 Å². The first-order valence-corrected chi connectivity index (χ1v) is 10.9. The number of phenolic OH excluding ortho intramolecular Hbond substituents is 1. The Morgan fingerprint density at radius 2 is 1.85 bits per heavy atom. The molecule has 0 saturated heterocycles. The quantitative estimate of drug-likeness (QED) is 0.381. The predicted molar refractivity (Wildman–Crippen MR) is 121 cm³/mol. The van der Waals surface area contributed by atoms with Crippen LogP contribution >= 0.6 is 0 Å². The minimum absolute atomic E-state index is 0.0154. The zero-order valence-corrected chi connectivity index (χ0v) is 20.1. The molecule has 11 nitrogen and oxygen atoms in total. The smallest absolute Gasteiger partial charge is 0.408 e. The fourth-order valence-corrected chi connectivity index (χ4v) is 3.30. The van der Waals surface area contributed by atoms with Crippen molar-refractivity contribution in [2.24, 2.45) is 0 Å². The van der Waals surface area contributed by atoms with Crippen molar-refractivity contribution in [2.75, 3.05) is 20.3 Å². The molecule has 4 N–H and O–H groups in total. The van der Waals surface area contributed by atoms with Crippen LogP contribution in [0.4, 0.5) is 4.79 Å². The van der Waals surface area contributed by atoms with Gasteiger partial charge in [0.05, 0.1) is 13.7 Å². The van der Waals surface area contributed by atoms with Gasteiger partial charge in [0.1, 0.15) is 30.0 Å². The van der Waals surface area contributed by atoms with Crippen molar-refractivity contribution >= 4 is 23.9 Å². The Morgan fingerprint density at radius 3 is 2.35 bits per heavy atom. The topological polar surface area (TPSA) is 154 Å². The highest BCUT2D eigenvalue weighted by Gasteiger charge is 2.44. The third kappa shape index (κ3) is 7.34. The van der Waals surface area contributed by atoms with E-state index in [1.807, 2.05) is 0 Å². The first kappa shape index (κ1) is 26.9. The van der Waals surface area contributed by atoms with Crippen molar-refractivity contribution in [3.05, 3.63) is 29.3 Å². The molecule has 1 fully saturated rings. The van der Waals surface area contributed by atoms with Gasteiger partial charge < -0.3 is 35.2 Å². The maximum Gasteiger partial charge on any atom is 0.408 e. The Morgan fingerprint density at radius 1 is 1.21 bits per heavy atom. The van der Waals surface area contributed by atoms with Gasteiger partial charge in [0, 0.05) is 6.04 Å². The fraction of sp³-hybridized carbons (Fsp3) is 0.565. The number of carbonyl (C=O) groups is 4. The van der Waals surface area contributed by atoms with E-state index in [-0.39, 0.29) is 11.8 Å². The summed E-state index contributed by atoms with van der Waals surface area (Å²) in [5.41, 5.74) is 0.0624. The van der Waals surface area contributed by atoms with Gasteiger partial charge in [-0.2, -0.15) is 0 Å². The van der Waals surface area contributed by atoms with Crippen LogP contribution in [0.1, 0.15) is 50.8 Å².